The molecule has 154 valence electrons. The SMILES string of the molecule is Cc1cc(F)ccc1NS(=O)(=O)c1cc(-c2nc(-c3ccccc3)cs2)n(C)c1C. The van der Waals surface area contributed by atoms with Crippen molar-refractivity contribution in [2.75, 3.05) is 4.72 Å². The molecule has 0 saturated heterocycles. The second-order valence-electron chi connectivity index (χ2n) is 7.01. The van der Waals surface area contributed by atoms with Gasteiger partial charge in [-0.05, 0) is 43.7 Å². The Labute approximate surface area is 178 Å². The number of hydrogen-bond acceptors (Lipinski definition) is 4. The molecule has 30 heavy (non-hydrogen) atoms. The van der Waals surface area contributed by atoms with Crippen LogP contribution in [0.2, 0.25) is 0 Å². The maximum atomic E-state index is 13.3. The average molecular weight is 442 g/mol. The van der Waals surface area contributed by atoms with Crippen molar-refractivity contribution in [3.8, 4) is 22.0 Å². The predicted octanol–water partition coefficient (Wildman–Crippen LogP) is 5.37. The first-order chi connectivity index (χ1) is 14.3. The van der Waals surface area contributed by atoms with Gasteiger partial charge in [-0.15, -0.1) is 11.3 Å². The van der Waals surface area contributed by atoms with Crippen molar-refractivity contribution in [3.63, 3.8) is 0 Å². The van der Waals surface area contributed by atoms with Crippen molar-refractivity contribution < 1.29 is 12.8 Å². The van der Waals surface area contributed by atoms with Crippen molar-refractivity contribution in [2.24, 2.45) is 7.05 Å². The Morgan fingerprint density at radius 2 is 1.80 bits per heavy atom. The van der Waals surface area contributed by atoms with E-state index in [2.05, 4.69) is 4.72 Å². The molecule has 2 aromatic carbocycles. The summed E-state index contributed by atoms with van der Waals surface area (Å²) in [6.07, 6.45) is 0. The molecule has 4 aromatic rings. The summed E-state index contributed by atoms with van der Waals surface area (Å²) in [6, 6.07) is 15.4. The molecular formula is C22H20FN3O2S2. The zero-order valence-electron chi connectivity index (χ0n) is 16.7. The number of aryl methyl sites for hydroxylation is 1. The predicted molar refractivity (Wildman–Crippen MR) is 119 cm³/mol. The highest BCUT2D eigenvalue weighted by Gasteiger charge is 2.24. The van der Waals surface area contributed by atoms with Crippen LogP contribution < -0.4 is 4.72 Å². The van der Waals surface area contributed by atoms with Crippen LogP contribution in [-0.4, -0.2) is 18.0 Å². The first-order valence-corrected chi connectivity index (χ1v) is 11.6. The number of thiazole rings is 1. The van der Waals surface area contributed by atoms with Gasteiger partial charge in [-0.25, -0.2) is 17.8 Å². The van der Waals surface area contributed by atoms with Gasteiger partial charge in [0.1, 0.15) is 15.7 Å². The topological polar surface area (TPSA) is 64.0 Å². The summed E-state index contributed by atoms with van der Waals surface area (Å²) in [7, 11) is -2.03. The Hall–Kier alpha value is -2.97. The van der Waals surface area contributed by atoms with Gasteiger partial charge in [0.25, 0.3) is 10.0 Å². The van der Waals surface area contributed by atoms with E-state index in [1.807, 2.05) is 47.3 Å². The van der Waals surface area contributed by atoms with Gasteiger partial charge in [0.05, 0.1) is 17.1 Å². The number of sulfonamides is 1. The average Bonchev–Trinajstić information content (AvgIpc) is 3.31. The van der Waals surface area contributed by atoms with Crippen molar-refractivity contribution in [1.29, 1.82) is 0 Å². The third-order valence-electron chi connectivity index (χ3n) is 5.00. The van der Waals surface area contributed by atoms with Crippen LogP contribution in [0, 0.1) is 19.7 Å². The number of anilines is 1. The van der Waals surface area contributed by atoms with Crippen LogP contribution in [0.3, 0.4) is 0 Å². The molecule has 1 N–H and O–H groups in total. The summed E-state index contributed by atoms with van der Waals surface area (Å²) in [5.41, 5.74) is 4.03. The fourth-order valence-corrected chi connectivity index (χ4v) is 5.52. The van der Waals surface area contributed by atoms with Gasteiger partial charge in [0.2, 0.25) is 0 Å². The number of nitrogens with one attached hydrogen (secondary N) is 1. The normalized spacial score (nSPS) is 11.6. The van der Waals surface area contributed by atoms with Crippen LogP contribution in [0.5, 0.6) is 0 Å². The molecule has 0 fully saturated rings. The molecule has 0 amide bonds. The highest BCUT2D eigenvalue weighted by Crippen LogP contribution is 2.33. The van der Waals surface area contributed by atoms with E-state index in [0.29, 0.717) is 16.9 Å². The molecule has 0 atom stereocenters. The maximum absolute atomic E-state index is 13.3. The second kappa shape index (κ2) is 7.70. The van der Waals surface area contributed by atoms with E-state index < -0.39 is 15.8 Å². The van der Waals surface area contributed by atoms with Gasteiger partial charge < -0.3 is 4.57 Å². The third-order valence-corrected chi connectivity index (χ3v) is 7.35. The van der Waals surface area contributed by atoms with Crippen molar-refractivity contribution >= 4 is 27.0 Å². The van der Waals surface area contributed by atoms with E-state index in [0.717, 1.165) is 22.0 Å². The zero-order valence-corrected chi connectivity index (χ0v) is 18.3. The summed E-state index contributed by atoms with van der Waals surface area (Å²) in [5, 5.41) is 2.69. The van der Waals surface area contributed by atoms with Crippen LogP contribution in [0.1, 0.15) is 11.3 Å². The first kappa shape index (κ1) is 20.3. The molecule has 0 aliphatic carbocycles. The Balaban J connectivity index is 1.70. The molecule has 8 heteroatoms. The van der Waals surface area contributed by atoms with Crippen LogP contribution >= 0.6 is 11.3 Å². The molecule has 0 aliphatic rings. The molecule has 0 spiro atoms. The van der Waals surface area contributed by atoms with E-state index in [4.69, 9.17) is 4.98 Å². The maximum Gasteiger partial charge on any atom is 0.263 e. The Bertz CT molecular complexity index is 1330. The van der Waals surface area contributed by atoms with Crippen molar-refractivity contribution in [2.45, 2.75) is 18.7 Å². The Kier molecular flexibility index (Phi) is 5.21. The standard InChI is InChI=1S/C22H20FN3O2S2/c1-14-11-17(23)9-10-18(14)25-30(27,28)21-12-20(26(3)15(21)2)22-24-19(13-29-22)16-7-5-4-6-8-16/h4-13,25H,1-3H3. The number of rotatable bonds is 5. The zero-order chi connectivity index (χ0) is 21.5. The number of halogens is 1. The van der Waals surface area contributed by atoms with E-state index in [1.165, 1.54) is 29.5 Å². The fourth-order valence-electron chi connectivity index (χ4n) is 3.22. The number of benzene rings is 2. The van der Waals surface area contributed by atoms with Gasteiger partial charge in [0, 0.05) is 23.7 Å². The molecule has 0 unspecified atom stereocenters. The summed E-state index contributed by atoms with van der Waals surface area (Å²) >= 11 is 1.46. The third kappa shape index (κ3) is 3.76. The number of hydrogen-bond donors (Lipinski definition) is 1. The van der Waals surface area contributed by atoms with Crippen LogP contribution in [0.4, 0.5) is 10.1 Å². The van der Waals surface area contributed by atoms with Gasteiger partial charge >= 0.3 is 0 Å². The summed E-state index contributed by atoms with van der Waals surface area (Å²) in [4.78, 5) is 4.86. The Morgan fingerprint density at radius 1 is 1.07 bits per heavy atom. The fraction of sp³-hybridized carbons (Fsp3) is 0.136. The quantitative estimate of drug-likeness (QED) is 0.453. The molecular weight excluding hydrogens is 421 g/mol. The minimum Gasteiger partial charge on any atom is -0.345 e. The van der Waals surface area contributed by atoms with Crippen molar-refractivity contribution in [3.05, 3.63) is 77.1 Å². The van der Waals surface area contributed by atoms with E-state index >= 15 is 0 Å². The number of nitrogens with zero attached hydrogens (tertiary/aromatic N) is 2. The lowest BCUT2D eigenvalue weighted by Crippen LogP contribution is -2.14. The molecule has 2 aromatic heterocycles. The lowest BCUT2D eigenvalue weighted by molar-refractivity contribution is 0.600. The first-order valence-electron chi connectivity index (χ1n) is 9.23. The molecule has 0 radical (unpaired) electrons. The Morgan fingerprint density at radius 3 is 2.50 bits per heavy atom. The van der Waals surface area contributed by atoms with Gasteiger partial charge in [-0.1, -0.05) is 30.3 Å². The molecule has 5 nitrogen and oxygen atoms in total. The summed E-state index contributed by atoms with van der Waals surface area (Å²) in [5.74, 6) is -0.411. The number of aromatic nitrogens is 2. The highest BCUT2D eigenvalue weighted by atomic mass is 32.2. The monoisotopic (exact) mass is 441 g/mol. The minimum atomic E-state index is -3.85. The molecule has 4 rings (SSSR count). The molecule has 0 saturated carbocycles. The molecule has 0 aliphatic heterocycles. The van der Waals surface area contributed by atoms with Crippen LogP contribution in [0.25, 0.3) is 22.0 Å². The van der Waals surface area contributed by atoms with E-state index in [9.17, 15) is 12.8 Å². The van der Waals surface area contributed by atoms with E-state index in [1.54, 1.807) is 19.9 Å². The highest BCUT2D eigenvalue weighted by molar-refractivity contribution is 7.92. The van der Waals surface area contributed by atoms with Crippen LogP contribution in [0.15, 0.2) is 64.9 Å². The largest absolute Gasteiger partial charge is 0.345 e. The van der Waals surface area contributed by atoms with Crippen LogP contribution in [-0.2, 0) is 17.1 Å². The minimum absolute atomic E-state index is 0.167. The second-order valence-corrected chi connectivity index (χ2v) is 9.52. The lowest BCUT2D eigenvalue weighted by atomic mass is 10.2. The molecule has 2 heterocycles. The lowest BCUT2D eigenvalue weighted by Gasteiger charge is -2.10. The summed E-state index contributed by atoms with van der Waals surface area (Å²) < 4.78 is 43.8. The van der Waals surface area contributed by atoms with E-state index in [-0.39, 0.29) is 4.90 Å². The van der Waals surface area contributed by atoms with Crippen molar-refractivity contribution in [1.82, 2.24) is 9.55 Å². The molecule has 0 bridgehead atoms. The van der Waals surface area contributed by atoms with Gasteiger partial charge in [-0.3, -0.25) is 4.72 Å². The summed E-state index contributed by atoms with van der Waals surface area (Å²) in [6.45, 7) is 3.41. The van der Waals surface area contributed by atoms with Gasteiger partial charge in [-0.2, -0.15) is 0 Å². The van der Waals surface area contributed by atoms with Gasteiger partial charge in [0.15, 0.2) is 0 Å². The smallest absolute Gasteiger partial charge is 0.263 e.